The Morgan fingerprint density at radius 2 is 2.11 bits per heavy atom. The smallest absolute Gasteiger partial charge is 0.237 e. The number of carbonyl (C=O) groups excluding carboxylic acids is 2. The molecule has 0 radical (unpaired) electrons. The van der Waals surface area contributed by atoms with Gasteiger partial charge in [0.05, 0.1) is 24.1 Å². The second-order valence-electron chi connectivity index (χ2n) is 9.96. The maximum absolute atomic E-state index is 15.2. The normalized spacial score (nSPS) is 25.7. The molecule has 0 saturated heterocycles. The molecular formula is C26H25FN6O4S. The molecule has 3 heterocycles. The van der Waals surface area contributed by atoms with Crippen molar-refractivity contribution in [3.63, 3.8) is 0 Å². The van der Waals surface area contributed by atoms with Crippen molar-refractivity contribution in [1.82, 2.24) is 20.3 Å². The van der Waals surface area contributed by atoms with E-state index < -0.39 is 16.1 Å². The number of nitrogens with two attached hydrogens (primary N) is 1. The predicted octanol–water partition coefficient (Wildman–Crippen LogP) is 2.92. The Morgan fingerprint density at radius 1 is 1.26 bits per heavy atom. The van der Waals surface area contributed by atoms with E-state index in [0.717, 1.165) is 12.8 Å². The molecule has 6 rings (SSSR count). The third-order valence-corrected chi connectivity index (χ3v) is 8.50. The first-order chi connectivity index (χ1) is 18.3. The zero-order chi connectivity index (χ0) is 26.5. The summed E-state index contributed by atoms with van der Waals surface area (Å²) in [5.74, 6) is -0.393. The summed E-state index contributed by atoms with van der Waals surface area (Å²) in [5, 5.41) is 3.32. The second kappa shape index (κ2) is 9.19. The molecule has 12 heteroatoms. The fourth-order valence-corrected chi connectivity index (χ4v) is 6.33. The van der Waals surface area contributed by atoms with E-state index in [-0.39, 0.29) is 53.4 Å². The highest BCUT2D eigenvalue weighted by molar-refractivity contribution is 8.15. The van der Waals surface area contributed by atoms with E-state index in [2.05, 4.69) is 25.3 Å². The number of aliphatic imine (C=N–C) groups is 1. The van der Waals surface area contributed by atoms with Gasteiger partial charge in [0.2, 0.25) is 17.7 Å². The number of rotatable bonds is 9. The lowest BCUT2D eigenvalue weighted by atomic mass is 9.84. The Balaban J connectivity index is 1.18. The van der Waals surface area contributed by atoms with Gasteiger partial charge in [0, 0.05) is 23.9 Å². The number of carbonyl (C=O) groups is 2. The molecule has 38 heavy (non-hydrogen) atoms. The van der Waals surface area contributed by atoms with Crippen molar-refractivity contribution in [2.45, 2.75) is 55.5 Å². The number of hydrogen-bond donors (Lipinski definition) is 2. The number of amidine groups is 1. The van der Waals surface area contributed by atoms with Gasteiger partial charge in [0.1, 0.15) is 22.5 Å². The molecule has 2 aromatic heterocycles. The van der Waals surface area contributed by atoms with Crippen LogP contribution in [0.2, 0.25) is 0 Å². The fourth-order valence-electron chi connectivity index (χ4n) is 4.95. The van der Waals surface area contributed by atoms with Crippen LogP contribution in [0.4, 0.5) is 4.39 Å². The van der Waals surface area contributed by atoms with E-state index >= 15 is 4.39 Å². The Hall–Kier alpha value is -3.80. The van der Waals surface area contributed by atoms with Gasteiger partial charge in [-0.15, -0.1) is 0 Å². The molecule has 2 fully saturated rings. The third kappa shape index (κ3) is 4.53. The number of ether oxygens (including phenoxy) is 1. The number of nitrogens with one attached hydrogen (secondary N) is 1. The molecule has 3 atom stereocenters. The van der Waals surface area contributed by atoms with Crippen molar-refractivity contribution in [1.29, 1.82) is 0 Å². The summed E-state index contributed by atoms with van der Waals surface area (Å²) in [5.41, 5.74) is 6.20. The summed E-state index contributed by atoms with van der Waals surface area (Å²) < 4.78 is 25.0. The summed E-state index contributed by atoms with van der Waals surface area (Å²) in [6.45, 7) is 1.89. The molecule has 2 aliphatic carbocycles. The number of oxazole rings is 1. The van der Waals surface area contributed by atoms with Crippen LogP contribution < -0.4 is 15.8 Å². The second-order valence-corrected chi connectivity index (χ2v) is 11.3. The number of aromatic nitrogens is 3. The third-order valence-electron chi connectivity index (χ3n) is 7.20. The fraction of sp³-hybridized carbons (Fsp3) is 0.385. The van der Waals surface area contributed by atoms with Crippen LogP contribution in [0.25, 0.3) is 0 Å². The summed E-state index contributed by atoms with van der Waals surface area (Å²) in [6, 6.07) is 4.75. The van der Waals surface area contributed by atoms with E-state index in [9.17, 15) is 9.59 Å². The van der Waals surface area contributed by atoms with E-state index in [1.54, 1.807) is 12.1 Å². The Bertz CT molecular complexity index is 1430. The quantitative estimate of drug-likeness (QED) is 0.394. The molecule has 3 aromatic rings. The van der Waals surface area contributed by atoms with Crippen LogP contribution in [0.5, 0.6) is 5.88 Å². The minimum Gasteiger partial charge on any atom is -0.467 e. The van der Waals surface area contributed by atoms with Crippen LogP contribution in [-0.2, 0) is 23.4 Å². The van der Waals surface area contributed by atoms with E-state index in [1.165, 1.54) is 42.7 Å². The van der Waals surface area contributed by atoms with E-state index in [0.29, 0.717) is 23.4 Å². The van der Waals surface area contributed by atoms with Gasteiger partial charge >= 0.3 is 0 Å². The van der Waals surface area contributed by atoms with Gasteiger partial charge in [0.25, 0.3) is 0 Å². The number of thioether (sulfide) groups is 1. The zero-order valence-corrected chi connectivity index (χ0v) is 21.3. The van der Waals surface area contributed by atoms with Crippen LogP contribution in [0.1, 0.15) is 53.7 Å². The lowest BCUT2D eigenvalue weighted by Crippen LogP contribution is -2.44. The summed E-state index contributed by atoms with van der Waals surface area (Å²) in [7, 11) is 0. The largest absolute Gasteiger partial charge is 0.467 e. The van der Waals surface area contributed by atoms with Gasteiger partial charge in [-0.1, -0.05) is 17.8 Å². The molecule has 3 N–H and O–H groups in total. The number of Topliss-reactive ketones (excluding diaryl/α,β-unsaturated/α-hetero) is 1. The Kier molecular flexibility index (Phi) is 5.93. The van der Waals surface area contributed by atoms with Crippen LogP contribution in [0.15, 0.2) is 52.5 Å². The number of hydrogen-bond acceptors (Lipinski definition) is 10. The minimum absolute atomic E-state index is 0.0134. The van der Waals surface area contributed by atoms with Gasteiger partial charge in [-0.2, -0.15) is 0 Å². The molecule has 10 nitrogen and oxygen atoms in total. The number of benzene rings is 1. The average Bonchev–Trinajstić information content (AvgIpc) is 3.80. The summed E-state index contributed by atoms with van der Waals surface area (Å²) in [4.78, 5) is 42.8. The van der Waals surface area contributed by atoms with Gasteiger partial charge in [-0.05, 0) is 43.9 Å². The number of ketones is 1. The van der Waals surface area contributed by atoms with Gasteiger partial charge < -0.3 is 20.2 Å². The molecule has 0 bridgehead atoms. The van der Waals surface area contributed by atoms with Crippen LogP contribution >= 0.6 is 11.8 Å². The Morgan fingerprint density at radius 3 is 2.82 bits per heavy atom. The van der Waals surface area contributed by atoms with E-state index in [1.807, 2.05) is 6.92 Å². The lowest BCUT2D eigenvalue weighted by Gasteiger charge is -2.34. The van der Waals surface area contributed by atoms with Crippen LogP contribution in [0.3, 0.4) is 0 Å². The highest BCUT2D eigenvalue weighted by Gasteiger charge is 2.70. The standard InChI is InChI=1S/C26H25FN6O4S/c1-25(20-10-26(20,38-24(28)33-25)23(35)32-15-3-4-15)16-8-14(2-5-17(16)27)9-19(34)18-11-31-21(12-30-18)37-13-22-29-6-7-36-22/h2,5-8,11-12,15,20H,3-4,9-10,13H2,1H3,(H2,28,33)(H,32,35)/t20-,25+,26-/m0/s1. The van der Waals surface area contributed by atoms with Crippen molar-refractivity contribution in [2.24, 2.45) is 16.6 Å². The lowest BCUT2D eigenvalue weighted by molar-refractivity contribution is -0.121. The maximum atomic E-state index is 15.2. The number of nitrogens with zero attached hydrogens (tertiary/aromatic N) is 4. The first-order valence-corrected chi connectivity index (χ1v) is 13.1. The topological polar surface area (TPSA) is 146 Å². The monoisotopic (exact) mass is 536 g/mol. The van der Waals surface area contributed by atoms with Gasteiger partial charge in [-0.3, -0.25) is 14.6 Å². The molecule has 0 unspecified atom stereocenters. The number of halogens is 1. The van der Waals surface area contributed by atoms with Gasteiger partial charge in [0.15, 0.2) is 17.6 Å². The molecular weight excluding hydrogens is 511 g/mol. The van der Waals surface area contributed by atoms with Crippen molar-refractivity contribution in [3.8, 4) is 5.88 Å². The first kappa shape index (κ1) is 24.5. The number of fused-ring (bicyclic) bond motifs is 1. The van der Waals surface area contributed by atoms with Crippen molar-refractivity contribution < 1.29 is 23.1 Å². The van der Waals surface area contributed by atoms with Crippen molar-refractivity contribution in [3.05, 3.63) is 71.6 Å². The maximum Gasteiger partial charge on any atom is 0.237 e. The molecule has 1 aliphatic heterocycles. The van der Waals surface area contributed by atoms with E-state index in [4.69, 9.17) is 14.9 Å². The molecule has 1 amide bonds. The van der Waals surface area contributed by atoms with Crippen LogP contribution in [-0.4, -0.2) is 42.6 Å². The average molecular weight is 537 g/mol. The number of amides is 1. The van der Waals surface area contributed by atoms with Crippen molar-refractivity contribution in [2.75, 3.05) is 0 Å². The van der Waals surface area contributed by atoms with Crippen molar-refractivity contribution >= 4 is 28.6 Å². The molecule has 1 aromatic carbocycles. The molecule has 3 aliphatic rings. The molecule has 196 valence electrons. The highest BCUT2D eigenvalue weighted by atomic mass is 32.2. The Labute approximate surface area is 221 Å². The minimum atomic E-state index is -1.03. The zero-order valence-electron chi connectivity index (χ0n) is 20.5. The highest BCUT2D eigenvalue weighted by Crippen LogP contribution is 2.66. The van der Waals surface area contributed by atoms with Gasteiger partial charge in [-0.25, -0.2) is 19.3 Å². The molecule has 0 spiro atoms. The van der Waals surface area contributed by atoms with Crippen LogP contribution in [0, 0.1) is 11.7 Å². The molecule has 2 saturated carbocycles. The SMILES string of the molecule is C[C@]1(c2cc(CC(=O)c3cnc(OCc4ncco4)cn3)ccc2F)N=C(N)S[C@@]2(C(=O)NC3CC3)C[C@H]21. The summed E-state index contributed by atoms with van der Waals surface area (Å²) >= 11 is 1.26. The first-order valence-electron chi connectivity index (χ1n) is 12.3. The summed E-state index contributed by atoms with van der Waals surface area (Å²) in [6.07, 6.45) is 8.13. The predicted molar refractivity (Wildman–Crippen MR) is 136 cm³/mol.